The van der Waals surface area contributed by atoms with Crippen molar-refractivity contribution in [2.45, 2.75) is 6.04 Å². The zero-order valence-corrected chi connectivity index (χ0v) is 8.95. The lowest BCUT2D eigenvalue weighted by atomic mass is 10.3. The van der Waals surface area contributed by atoms with E-state index in [-0.39, 0.29) is 11.6 Å². The van der Waals surface area contributed by atoms with Crippen LogP contribution in [0.4, 0.5) is 0 Å². The molecule has 1 aliphatic heterocycles. The molecule has 2 atom stereocenters. The summed E-state index contributed by atoms with van der Waals surface area (Å²) in [6.07, 6.45) is 1.15. The van der Waals surface area contributed by atoms with Gasteiger partial charge < -0.3 is 15.6 Å². The van der Waals surface area contributed by atoms with E-state index in [9.17, 15) is 14.4 Å². The molecule has 2 aliphatic rings. The van der Waals surface area contributed by atoms with E-state index in [2.05, 4.69) is 15.6 Å². The summed E-state index contributed by atoms with van der Waals surface area (Å²) in [6.45, 7) is 1.83. The molecule has 1 saturated carbocycles. The summed E-state index contributed by atoms with van der Waals surface area (Å²) < 4.78 is 0. The summed E-state index contributed by atoms with van der Waals surface area (Å²) in [4.78, 5) is 38.3. The molecule has 90 valence electrons. The molecule has 2 heterocycles. The van der Waals surface area contributed by atoms with Crippen molar-refractivity contribution in [1.82, 2.24) is 20.6 Å². The molecule has 0 bridgehead atoms. The largest absolute Gasteiger partial charge is 0.348 e. The highest BCUT2D eigenvalue weighted by molar-refractivity contribution is 5.93. The lowest BCUT2D eigenvalue weighted by Crippen LogP contribution is -2.37. The van der Waals surface area contributed by atoms with Gasteiger partial charge in [-0.1, -0.05) is 0 Å². The van der Waals surface area contributed by atoms with E-state index in [0.717, 1.165) is 19.3 Å². The molecule has 17 heavy (non-hydrogen) atoms. The molecule has 0 spiro atoms. The number of amides is 1. The standard InChI is InChI=1S/C10H12N4O3/c15-8(6-3-12-10(17)14-9(6)16)13-7-4-1-11-2-5(4)7/h3-5,7,11H,1-2H2,(H,13,15)(H2,12,14,16,17). The lowest BCUT2D eigenvalue weighted by Gasteiger charge is -2.06. The highest BCUT2D eigenvalue weighted by Gasteiger charge is 2.53. The Morgan fingerprint density at radius 3 is 2.65 bits per heavy atom. The SMILES string of the molecule is O=C(NC1C2CNCC21)c1c[nH]c(=O)[nH]c1=O. The molecule has 1 aromatic rings. The summed E-state index contributed by atoms with van der Waals surface area (Å²) >= 11 is 0. The van der Waals surface area contributed by atoms with Crippen LogP contribution in [0.5, 0.6) is 0 Å². The zero-order chi connectivity index (χ0) is 12.0. The molecule has 4 N–H and O–H groups in total. The van der Waals surface area contributed by atoms with Gasteiger partial charge in [-0.25, -0.2) is 4.79 Å². The van der Waals surface area contributed by atoms with E-state index in [1.807, 2.05) is 4.98 Å². The molecule has 2 unspecified atom stereocenters. The molecule has 0 aromatic carbocycles. The van der Waals surface area contributed by atoms with Crippen molar-refractivity contribution in [3.05, 3.63) is 32.6 Å². The van der Waals surface area contributed by atoms with Crippen LogP contribution in [-0.2, 0) is 0 Å². The fourth-order valence-corrected chi connectivity index (χ4v) is 2.44. The van der Waals surface area contributed by atoms with Crippen LogP contribution in [0.15, 0.2) is 15.8 Å². The van der Waals surface area contributed by atoms with E-state index in [0.29, 0.717) is 11.8 Å². The normalized spacial score (nSPS) is 29.8. The van der Waals surface area contributed by atoms with Gasteiger partial charge in [-0.15, -0.1) is 0 Å². The summed E-state index contributed by atoms with van der Waals surface area (Å²) in [5.41, 5.74) is -1.32. The van der Waals surface area contributed by atoms with Crippen molar-refractivity contribution >= 4 is 5.91 Å². The van der Waals surface area contributed by atoms with Crippen molar-refractivity contribution in [3.63, 3.8) is 0 Å². The van der Waals surface area contributed by atoms with Crippen molar-refractivity contribution in [3.8, 4) is 0 Å². The van der Waals surface area contributed by atoms with E-state index >= 15 is 0 Å². The Labute approximate surface area is 95.6 Å². The molecule has 1 amide bonds. The predicted octanol–water partition coefficient (Wildman–Crippen LogP) is -1.99. The maximum atomic E-state index is 11.8. The fourth-order valence-electron chi connectivity index (χ4n) is 2.44. The minimum absolute atomic E-state index is 0.0532. The highest BCUT2D eigenvalue weighted by atomic mass is 16.2. The molecule has 1 saturated heterocycles. The van der Waals surface area contributed by atoms with Crippen LogP contribution in [0.3, 0.4) is 0 Å². The number of piperidine rings is 1. The van der Waals surface area contributed by atoms with Crippen molar-refractivity contribution in [1.29, 1.82) is 0 Å². The molecule has 1 aliphatic carbocycles. The van der Waals surface area contributed by atoms with Crippen molar-refractivity contribution in [2.75, 3.05) is 13.1 Å². The molecule has 3 rings (SSSR count). The Morgan fingerprint density at radius 2 is 2.00 bits per heavy atom. The summed E-state index contributed by atoms with van der Waals surface area (Å²) in [5.74, 6) is 0.545. The number of rotatable bonds is 2. The van der Waals surface area contributed by atoms with Gasteiger partial charge in [0.2, 0.25) is 0 Å². The smallest absolute Gasteiger partial charge is 0.325 e. The number of nitrogens with one attached hydrogen (secondary N) is 4. The average Bonchev–Trinajstić information content (AvgIpc) is 2.74. The average molecular weight is 236 g/mol. The molecule has 2 fully saturated rings. The van der Waals surface area contributed by atoms with E-state index in [1.54, 1.807) is 0 Å². The first kappa shape index (κ1) is 10.3. The first-order chi connectivity index (χ1) is 8.16. The van der Waals surface area contributed by atoms with Gasteiger partial charge in [0.1, 0.15) is 5.56 Å². The van der Waals surface area contributed by atoms with Crippen LogP contribution < -0.4 is 21.9 Å². The van der Waals surface area contributed by atoms with E-state index < -0.39 is 17.2 Å². The number of hydrogen-bond acceptors (Lipinski definition) is 4. The fraction of sp³-hybridized carbons (Fsp3) is 0.500. The minimum atomic E-state index is -0.657. The van der Waals surface area contributed by atoms with Crippen LogP contribution in [0, 0.1) is 11.8 Å². The number of hydrogen-bond donors (Lipinski definition) is 4. The van der Waals surface area contributed by atoms with Crippen molar-refractivity contribution in [2.24, 2.45) is 11.8 Å². The number of fused-ring (bicyclic) bond motifs is 1. The Balaban J connectivity index is 1.74. The number of aromatic nitrogens is 2. The zero-order valence-electron chi connectivity index (χ0n) is 8.95. The third-order valence-electron chi connectivity index (χ3n) is 3.45. The Hall–Kier alpha value is -1.89. The van der Waals surface area contributed by atoms with E-state index in [1.165, 1.54) is 0 Å². The third kappa shape index (κ3) is 1.68. The molecular weight excluding hydrogens is 224 g/mol. The number of H-pyrrole nitrogens is 2. The Bertz CT molecular complexity index is 565. The Kier molecular flexibility index (Phi) is 2.15. The number of aromatic amines is 2. The molecular formula is C10H12N4O3. The first-order valence-electron chi connectivity index (χ1n) is 5.50. The minimum Gasteiger partial charge on any atom is -0.348 e. The maximum Gasteiger partial charge on any atom is 0.325 e. The molecule has 7 nitrogen and oxygen atoms in total. The van der Waals surface area contributed by atoms with Gasteiger partial charge in [0.05, 0.1) is 0 Å². The summed E-state index contributed by atoms with van der Waals surface area (Å²) in [6, 6.07) is 0.162. The quantitative estimate of drug-likeness (QED) is 0.477. The first-order valence-corrected chi connectivity index (χ1v) is 5.50. The van der Waals surface area contributed by atoms with Gasteiger partial charge in [0.15, 0.2) is 0 Å². The van der Waals surface area contributed by atoms with E-state index in [4.69, 9.17) is 0 Å². The number of carbonyl (C=O) groups excluding carboxylic acids is 1. The van der Waals surface area contributed by atoms with Gasteiger partial charge in [-0.3, -0.25) is 14.6 Å². The lowest BCUT2D eigenvalue weighted by molar-refractivity contribution is 0.0944. The topological polar surface area (TPSA) is 107 Å². The second-order valence-corrected chi connectivity index (χ2v) is 4.47. The second-order valence-electron chi connectivity index (χ2n) is 4.47. The van der Waals surface area contributed by atoms with Gasteiger partial charge in [-0.05, 0) is 11.8 Å². The maximum absolute atomic E-state index is 11.8. The molecule has 0 radical (unpaired) electrons. The van der Waals surface area contributed by atoms with Crippen LogP contribution in [0.25, 0.3) is 0 Å². The monoisotopic (exact) mass is 236 g/mol. The van der Waals surface area contributed by atoms with Gasteiger partial charge >= 0.3 is 5.69 Å². The van der Waals surface area contributed by atoms with Gasteiger partial charge in [-0.2, -0.15) is 0 Å². The second kappa shape index (κ2) is 3.56. The van der Waals surface area contributed by atoms with Crippen LogP contribution in [0.1, 0.15) is 10.4 Å². The summed E-state index contributed by atoms with van der Waals surface area (Å²) in [5, 5.41) is 6.03. The molecule has 7 heteroatoms. The number of carbonyl (C=O) groups is 1. The summed E-state index contributed by atoms with van der Waals surface area (Å²) in [7, 11) is 0. The van der Waals surface area contributed by atoms with Crippen molar-refractivity contribution < 1.29 is 4.79 Å². The molecule has 1 aromatic heterocycles. The third-order valence-corrected chi connectivity index (χ3v) is 3.45. The van der Waals surface area contributed by atoms with Crippen LogP contribution in [0.2, 0.25) is 0 Å². The highest BCUT2D eigenvalue weighted by Crippen LogP contribution is 2.41. The van der Waals surface area contributed by atoms with Crippen LogP contribution >= 0.6 is 0 Å². The predicted molar refractivity (Wildman–Crippen MR) is 58.8 cm³/mol. The van der Waals surface area contributed by atoms with Crippen LogP contribution in [-0.4, -0.2) is 35.0 Å². The Morgan fingerprint density at radius 1 is 1.29 bits per heavy atom. The van der Waals surface area contributed by atoms with Gasteiger partial charge in [0.25, 0.3) is 11.5 Å². The van der Waals surface area contributed by atoms with Gasteiger partial charge in [0, 0.05) is 25.3 Å².